The second-order valence-corrected chi connectivity index (χ2v) is 5.38. The van der Waals surface area contributed by atoms with Crippen LogP contribution in [0.5, 0.6) is 0 Å². The van der Waals surface area contributed by atoms with Crippen LogP contribution in [0.3, 0.4) is 0 Å². The van der Waals surface area contributed by atoms with Gasteiger partial charge in [0.15, 0.2) is 0 Å². The molecule has 1 heterocycles. The van der Waals surface area contributed by atoms with Crippen molar-refractivity contribution in [3.63, 3.8) is 0 Å². The highest BCUT2D eigenvalue weighted by atomic mass is 35.5. The second kappa shape index (κ2) is 6.18. The van der Waals surface area contributed by atoms with Gasteiger partial charge in [0, 0.05) is 13.1 Å². The van der Waals surface area contributed by atoms with Crippen molar-refractivity contribution in [2.75, 3.05) is 32.9 Å². The molecular formula is C12H19ClN4O2. The van der Waals surface area contributed by atoms with E-state index in [2.05, 4.69) is 10.3 Å². The number of hydrogen-bond donors (Lipinski definition) is 3. The number of aliphatic hydroxyl groups is 1. The molecule has 106 valence electrons. The van der Waals surface area contributed by atoms with Crippen molar-refractivity contribution in [3.8, 4) is 0 Å². The number of halogens is 1. The topological polar surface area (TPSA) is 91.5 Å². The van der Waals surface area contributed by atoms with Gasteiger partial charge in [0.05, 0.1) is 23.0 Å². The number of anilines is 1. The minimum Gasteiger partial charge on any atom is -0.397 e. The van der Waals surface area contributed by atoms with Gasteiger partial charge in [0.1, 0.15) is 5.15 Å². The Balaban J connectivity index is 2.68. The summed E-state index contributed by atoms with van der Waals surface area (Å²) in [5, 5.41) is 12.8. The average molecular weight is 287 g/mol. The van der Waals surface area contributed by atoms with Gasteiger partial charge in [-0.25, -0.2) is 4.98 Å². The zero-order chi connectivity index (χ0) is 14.6. The molecule has 0 bridgehead atoms. The quantitative estimate of drug-likeness (QED) is 0.680. The minimum atomic E-state index is -1.03. The lowest BCUT2D eigenvalue weighted by atomic mass is 10.1. The van der Waals surface area contributed by atoms with Crippen molar-refractivity contribution in [3.05, 3.63) is 23.0 Å². The van der Waals surface area contributed by atoms with Crippen molar-refractivity contribution in [1.82, 2.24) is 15.2 Å². The highest BCUT2D eigenvalue weighted by molar-refractivity contribution is 6.32. The minimum absolute atomic E-state index is 0.0824. The van der Waals surface area contributed by atoms with Crippen LogP contribution < -0.4 is 11.1 Å². The second-order valence-electron chi connectivity index (χ2n) is 5.02. The van der Waals surface area contributed by atoms with Crippen molar-refractivity contribution in [1.29, 1.82) is 0 Å². The molecule has 1 amide bonds. The molecule has 1 rings (SSSR count). The number of nitrogen functional groups attached to an aromatic ring is 1. The average Bonchev–Trinajstić information content (AvgIpc) is 2.27. The van der Waals surface area contributed by atoms with E-state index in [0.29, 0.717) is 12.2 Å². The predicted octanol–water partition coefficient (Wildman–Crippen LogP) is 0.360. The molecule has 0 aliphatic rings. The van der Waals surface area contributed by atoms with E-state index in [1.807, 2.05) is 19.0 Å². The zero-order valence-electron chi connectivity index (χ0n) is 11.3. The molecule has 0 aromatic carbocycles. The summed E-state index contributed by atoms with van der Waals surface area (Å²) < 4.78 is 0. The molecule has 1 atom stereocenters. The number of aromatic nitrogens is 1. The Bertz CT molecular complexity index is 463. The third-order valence-electron chi connectivity index (χ3n) is 2.39. The molecule has 7 heteroatoms. The SMILES string of the molecule is CN(C)CC(C)(O)CNC(=O)c1cc(N)cnc1Cl. The maximum absolute atomic E-state index is 11.9. The molecule has 0 spiro atoms. The lowest BCUT2D eigenvalue weighted by Crippen LogP contribution is -2.47. The number of hydrogen-bond acceptors (Lipinski definition) is 5. The molecule has 1 aromatic rings. The number of nitrogens with one attached hydrogen (secondary N) is 1. The zero-order valence-corrected chi connectivity index (χ0v) is 12.0. The van der Waals surface area contributed by atoms with Crippen LogP contribution in [-0.4, -0.2) is 53.7 Å². The van der Waals surface area contributed by atoms with Crippen LogP contribution in [0.1, 0.15) is 17.3 Å². The number of carbonyl (C=O) groups is 1. The third kappa shape index (κ3) is 5.02. The molecule has 0 saturated carbocycles. The van der Waals surface area contributed by atoms with Gasteiger partial charge in [-0.1, -0.05) is 11.6 Å². The molecule has 0 aliphatic heterocycles. The van der Waals surface area contributed by atoms with Crippen LogP contribution in [0.2, 0.25) is 5.15 Å². The van der Waals surface area contributed by atoms with E-state index in [1.165, 1.54) is 12.3 Å². The van der Waals surface area contributed by atoms with E-state index in [0.717, 1.165) is 0 Å². The summed E-state index contributed by atoms with van der Waals surface area (Å²) in [5.41, 5.74) is 5.08. The Hall–Kier alpha value is -1.37. The summed E-state index contributed by atoms with van der Waals surface area (Å²) in [7, 11) is 3.68. The molecule has 4 N–H and O–H groups in total. The van der Waals surface area contributed by atoms with Gasteiger partial charge in [-0.15, -0.1) is 0 Å². The lowest BCUT2D eigenvalue weighted by molar-refractivity contribution is 0.0326. The lowest BCUT2D eigenvalue weighted by Gasteiger charge is -2.27. The molecule has 6 nitrogen and oxygen atoms in total. The Kier molecular flexibility index (Phi) is 5.11. The van der Waals surface area contributed by atoms with E-state index in [-0.39, 0.29) is 17.3 Å². The fraction of sp³-hybridized carbons (Fsp3) is 0.500. The van der Waals surface area contributed by atoms with E-state index < -0.39 is 11.5 Å². The van der Waals surface area contributed by atoms with E-state index in [4.69, 9.17) is 17.3 Å². The maximum Gasteiger partial charge on any atom is 0.254 e. The molecule has 1 aromatic heterocycles. The molecule has 19 heavy (non-hydrogen) atoms. The van der Waals surface area contributed by atoms with Crippen molar-refractivity contribution >= 4 is 23.2 Å². The molecule has 0 fully saturated rings. The Morgan fingerprint density at radius 2 is 2.26 bits per heavy atom. The largest absolute Gasteiger partial charge is 0.397 e. The number of carbonyl (C=O) groups excluding carboxylic acids is 1. The Labute approximate surface area is 117 Å². The summed E-state index contributed by atoms with van der Waals surface area (Å²) in [6, 6.07) is 1.45. The number of amides is 1. The first-order valence-electron chi connectivity index (χ1n) is 5.77. The van der Waals surface area contributed by atoms with Crippen LogP contribution in [0.25, 0.3) is 0 Å². The van der Waals surface area contributed by atoms with Crippen LogP contribution in [0.4, 0.5) is 5.69 Å². The number of likely N-dealkylation sites (N-methyl/N-ethyl adjacent to an activating group) is 1. The highest BCUT2D eigenvalue weighted by Gasteiger charge is 2.23. The number of pyridine rings is 1. The predicted molar refractivity (Wildman–Crippen MR) is 75.2 cm³/mol. The fourth-order valence-electron chi connectivity index (χ4n) is 1.73. The molecule has 0 radical (unpaired) electrons. The first kappa shape index (κ1) is 15.7. The van der Waals surface area contributed by atoms with E-state index in [9.17, 15) is 9.90 Å². The van der Waals surface area contributed by atoms with Gasteiger partial charge >= 0.3 is 0 Å². The van der Waals surface area contributed by atoms with Gasteiger partial charge in [0.2, 0.25) is 0 Å². The molecular weight excluding hydrogens is 268 g/mol. The van der Waals surface area contributed by atoms with Gasteiger partial charge < -0.3 is 21.1 Å². The fourth-order valence-corrected chi connectivity index (χ4v) is 1.92. The maximum atomic E-state index is 11.9. The van der Waals surface area contributed by atoms with Crippen LogP contribution in [0, 0.1) is 0 Å². The summed E-state index contributed by atoms with van der Waals surface area (Å²) in [6.07, 6.45) is 1.38. The molecule has 0 saturated heterocycles. The summed E-state index contributed by atoms with van der Waals surface area (Å²) >= 11 is 5.83. The number of nitrogens with zero attached hydrogens (tertiary/aromatic N) is 2. The Morgan fingerprint density at radius 3 is 2.84 bits per heavy atom. The monoisotopic (exact) mass is 286 g/mol. The van der Waals surface area contributed by atoms with Gasteiger partial charge in [-0.05, 0) is 27.1 Å². The smallest absolute Gasteiger partial charge is 0.254 e. The van der Waals surface area contributed by atoms with E-state index >= 15 is 0 Å². The third-order valence-corrected chi connectivity index (χ3v) is 2.69. The van der Waals surface area contributed by atoms with Crippen LogP contribution in [0.15, 0.2) is 12.3 Å². The Morgan fingerprint density at radius 1 is 1.63 bits per heavy atom. The number of nitrogens with two attached hydrogens (primary N) is 1. The van der Waals surface area contributed by atoms with Crippen molar-refractivity contribution in [2.24, 2.45) is 0 Å². The highest BCUT2D eigenvalue weighted by Crippen LogP contribution is 2.15. The van der Waals surface area contributed by atoms with Gasteiger partial charge in [0.25, 0.3) is 5.91 Å². The van der Waals surface area contributed by atoms with Crippen LogP contribution >= 0.6 is 11.6 Å². The normalized spacial score (nSPS) is 14.2. The standard InChI is InChI=1S/C12H19ClN4O2/c1-12(19,7-17(2)3)6-16-11(18)9-4-8(14)5-15-10(9)13/h4-5,19H,6-7,14H2,1-3H3,(H,16,18). The van der Waals surface area contributed by atoms with Crippen molar-refractivity contribution < 1.29 is 9.90 Å². The van der Waals surface area contributed by atoms with Gasteiger partial charge in [-0.2, -0.15) is 0 Å². The first-order chi connectivity index (χ1) is 8.71. The molecule has 1 unspecified atom stereocenters. The van der Waals surface area contributed by atoms with Crippen molar-refractivity contribution in [2.45, 2.75) is 12.5 Å². The molecule has 0 aliphatic carbocycles. The van der Waals surface area contributed by atoms with Gasteiger partial charge in [-0.3, -0.25) is 4.79 Å². The summed E-state index contributed by atoms with van der Waals surface area (Å²) in [4.78, 5) is 17.6. The summed E-state index contributed by atoms with van der Waals surface area (Å²) in [6.45, 7) is 2.18. The first-order valence-corrected chi connectivity index (χ1v) is 6.15. The van der Waals surface area contributed by atoms with E-state index in [1.54, 1.807) is 6.92 Å². The van der Waals surface area contributed by atoms with Crippen LogP contribution in [-0.2, 0) is 0 Å². The summed E-state index contributed by atoms with van der Waals surface area (Å²) in [5.74, 6) is -0.413. The number of rotatable bonds is 5.